The fourth-order valence-corrected chi connectivity index (χ4v) is 2.33. The van der Waals surface area contributed by atoms with Crippen molar-refractivity contribution < 1.29 is 9.53 Å². The van der Waals surface area contributed by atoms with Crippen molar-refractivity contribution in [3.8, 4) is 5.75 Å². The van der Waals surface area contributed by atoms with Crippen LogP contribution in [0.25, 0.3) is 0 Å². The van der Waals surface area contributed by atoms with Crippen molar-refractivity contribution >= 4 is 17.6 Å². The molecule has 0 unspecified atom stereocenters. The van der Waals surface area contributed by atoms with E-state index in [1.165, 1.54) is 12.8 Å². The van der Waals surface area contributed by atoms with Crippen LogP contribution in [-0.2, 0) is 0 Å². The van der Waals surface area contributed by atoms with E-state index in [9.17, 15) is 4.79 Å². The Morgan fingerprint density at radius 3 is 2.52 bits per heavy atom. The van der Waals surface area contributed by atoms with Crippen LogP contribution in [0.1, 0.15) is 12.8 Å². The summed E-state index contributed by atoms with van der Waals surface area (Å²) < 4.78 is 5.16. The third kappa shape index (κ3) is 3.51. The zero-order valence-corrected chi connectivity index (χ0v) is 11.7. The number of hydrogen-bond acceptors (Lipinski definition) is 4. The summed E-state index contributed by atoms with van der Waals surface area (Å²) in [4.78, 5) is 18.4. The second-order valence-electron chi connectivity index (χ2n) is 4.93. The highest BCUT2D eigenvalue weighted by atomic mass is 16.6. The lowest BCUT2D eigenvalue weighted by atomic mass is 10.3. The van der Waals surface area contributed by atoms with E-state index in [1.54, 1.807) is 18.3 Å². The molecule has 1 amide bonds. The van der Waals surface area contributed by atoms with Gasteiger partial charge in [-0.05, 0) is 37.1 Å². The number of para-hydroxylation sites is 1. The molecule has 0 spiro atoms. The maximum atomic E-state index is 11.8. The highest BCUT2D eigenvalue weighted by molar-refractivity contribution is 5.86. The van der Waals surface area contributed by atoms with E-state index in [-0.39, 0.29) is 0 Å². The summed E-state index contributed by atoms with van der Waals surface area (Å²) in [5.41, 5.74) is 0.624. The molecule has 1 aliphatic heterocycles. The average Bonchev–Trinajstić information content (AvgIpc) is 3.03. The highest BCUT2D eigenvalue weighted by Crippen LogP contribution is 2.19. The second-order valence-corrected chi connectivity index (χ2v) is 4.93. The van der Waals surface area contributed by atoms with Crippen molar-refractivity contribution in [2.75, 3.05) is 23.3 Å². The van der Waals surface area contributed by atoms with Gasteiger partial charge in [0.05, 0.1) is 11.9 Å². The summed E-state index contributed by atoms with van der Waals surface area (Å²) >= 11 is 0. The van der Waals surface area contributed by atoms with E-state index in [4.69, 9.17) is 4.74 Å². The van der Waals surface area contributed by atoms with Crippen LogP contribution in [0.15, 0.2) is 48.7 Å². The first-order chi connectivity index (χ1) is 10.3. The molecule has 5 heteroatoms. The zero-order chi connectivity index (χ0) is 14.5. The van der Waals surface area contributed by atoms with Crippen molar-refractivity contribution in [3.05, 3.63) is 48.7 Å². The molecule has 2 aromatic rings. The Bertz CT molecular complexity index is 593. The Kier molecular flexibility index (Phi) is 4.00. The lowest BCUT2D eigenvalue weighted by Gasteiger charge is -2.16. The zero-order valence-electron chi connectivity index (χ0n) is 11.7. The smallest absolute Gasteiger partial charge is 0.410 e. The summed E-state index contributed by atoms with van der Waals surface area (Å²) in [7, 11) is 0. The van der Waals surface area contributed by atoms with Crippen LogP contribution in [-0.4, -0.2) is 24.2 Å². The van der Waals surface area contributed by atoms with Crippen LogP contribution in [0.3, 0.4) is 0 Å². The Morgan fingerprint density at radius 2 is 1.86 bits per heavy atom. The molecule has 1 aliphatic rings. The van der Waals surface area contributed by atoms with Crippen molar-refractivity contribution in [3.63, 3.8) is 0 Å². The average molecular weight is 283 g/mol. The number of aromatic nitrogens is 1. The maximum absolute atomic E-state index is 11.8. The minimum Gasteiger partial charge on any atom is -0.410 e. The van der Waals surface area contributed by atoms with Gasteiger partial charge in [0, 0.05) is 13.1 Å². The van der Waals surface area contributed by atoms with Gasteiger partial charge in [-0.15, -0.1) is 0 Å². The molecule has 1 fully saturated rings. The molecule has 21 heavy (non-hydrogen) atoms. The normalized spacial score (nSPS) is 14.0. The second kappa shape index (κ2) is 6.26. The molecule has 0 radical (unpaired) electrons. The van der Waals surface area contributed by atoms with Crippen molar-refractivity contribution in [1.82, 2.24) is 4.98 Å². The summed E-state index contributed by atoms with van der Waals surface area (Å²) in [6.45, 7) is 2.10. The topological polar surface area (TPSA) is 54.5 Å². The number of carbonyl (C=O) groups is 1. The van der Waals surface area contributed by atoms with E-state index in [1.807, 2.05) is 30.3 Å². The number of benzene rings is 1. The van der Waals surface area contributed by atoms with Crippen LogP contribution >= 0.6 is 0 Å². The molecule has 1 saturated heterocycles. The first kappa shape index (κ1) is 13.4. The molecular weight excluding hydrogens is 266 g/mol. The van der Waals surface area contributed by atoms with Crippen molar-refractivity contribution in [2.24, 2.45) is 0 Å². The third-order valence-electron chi connectivity index (χ3n) is 3.38. The minimum absolute atomic E-state index is 0.511. The van der Waals surface area contributed by atoms with Gasteiger partial charge in [-0.2, -0.15) is 0 Å². The van der Waals surface area contributed by atoms with Gasteiger partial charge in [-0.25, -0.2) is 9.78 Å². The lowest BCUT2D eigenvalue weighted by molar-refractivity contribution is 0.215. The number of amides is 1. The molecule has 0 bridgehead atoms. The Balaban J connectivity index is 1.58. The SMILES string of the molecule is O=C(Nc1ccc(N2CCCC2)nc1)Oc1ccccc1. The summed E-state index contributed by atoms with van der Waals surface area (Å²) in [6, 6.07) is 12.7. The number of nitrogens with zero attached hydrogens (tertiary/aromatic N) is 2. The van der Waals surface area contributed by atoms with Gasteiger partial charge in [-0.1, -0.05) is 18.2 Å². The molecule has 1 aromatic heterocycles. The van der Waals surface area contributed by atoms with Gasteiger partial charge in [0.1, 0.15) is 11.6 Å². The van der Waals surface area contributed by atoms with Gasteiger partial charge in [0.25, 0.3) is 0 Å². The van der Waals surface area contributed by atoms with E-state index in [0.717, 1.165) is 18.9 Å². The minimum atomic E-state index is -0.517. The number of carbonyl (C=O) groups excluding carboxylic acids is 1. The number of anilines is 2. The number of pyridine rings is 1. The van der Waals surface area contributed by atoms with E-state index < -0.39 is 6.09 Å². The Hall–Kier alpha value is -2.56. The van der Waals surface area contributed by atoms with Gasteiger partial charge in [0.15, 0.2) is 0 Å². The molecule has 1 N–H and O–H groups in total. The molecule has 0 atom stereocenters. The van der Waals surface area contributed by atoms with Crippen molar-refractivity contribution in [2.45, 2.75) is 12.8 Å². The fraction of sp³-hybridized carbons (Fsp3) is 0.250. The molecule has 1 aromatic carbocycles. The number of nitrogens with one attached hydrogen (secondary N) is 1. The number of rotatable bonds is 3. The number of ether oxygens (including phenoxy) is 1. The molecule has 0 saturated carbocycles. The highest BCUT2D eigenvalue weighted by Gasteiger charge is 2.13. The summed E-state index contributed by atoms with van der Waals surface area (Å²) in [5, 5.41) is 2.67. The predicted octanol–water partition coefficient (Wildman–Crippen LogP) is 3.29. The van der Waals surface area contributed by atoms with E-state index in [0.29, 0.717) is 11.4 Å². The first-order valence-electron chi connectivity index (χ1n) is 7.06. The fourth-order valence-electron chi connectivity index (χ4n) is 2.33. The Morgan fingerprint density at radius 1 is 1.10 bits per heavy atom. The van der Waals surface area contributed by atoms with Gasteiger partial charge in [0.2, 0.25) is 0 Å². The monoisotopic (exact) mass is 283 g/mol. The van der Waals surface area contributed by atoms with E-state index in [2.05, 4.69) is 15.2 Å². The van der Waals surface area contributed by atoms with Crippen LogP contribution in [0.4, 0.5) is 16.3 Å². The molecule has 0 aliphatic carbocycles. The standard InChI is InChI=1S/C16H17N3O2/c20-16(21-14-6-2-1-3-7-14)18-13-8-9-15(17-12-13)19-10-4-5-11-19/h1-3,6-9,12H,4-5,10-11H2,(H,18,20). The van der Waals surface area contributed by atoms with Crippen LogP contribution < -0.4 is 15.0 Å². The quantitative estimate of drug-likeness (QED) is 0.939. The molecule has 3 rings (SSSR count). The third-order valence-corrected chi connectivity index (χ3v) is 3.38. The predicted molar refractivity (Wildman–Crippen MR) is 81.8 cm³/mol. The molecule has 5 nitrogen and oxygen atoms in total. The lowest BCUT2D eigenvalue weighted by Crippen LogP contribution is -2.19. The molecule has 2 heterocycles. The first-order valence-corrected chi connectivity index (χ1v) is 7.06. The van der Waals surface area contributed by atoms with Gasteiger partial charge >= 0.3 is 6.09 Å². The largest absolute Gasteiger partial charge is 0.417 e. The van der Waals surface area contributed by atoms with Crippen LogP contribution in [0.5, 0.6) is 5.75 Å². The van der Waals surface area contributed by atoms with Crippen LogP contribution in [0, 0.1) is 0 Å². The Labute approximate surface area is 123 Å². The number of hydrogen-bond donors (Lipinski definition) is 1. The summed E-state index contributed by atoms with van der Waals surface area (Å²) in [6.07, 6.45) is 3.56. The van der Waals surface area contributed by atoms with Crippen molar-refractivity contribution in [1.29, 1.82) is 0 Å². The van der Waals surface area contributed by atoms with Gasteiger partial charge < -0.3 is 9.64 Å². The van der Waals surface area contributed by atoms with Crippen LogP contribution in [0.2, 0.25) is 0 Å². The molecular formula is C16H17N3O2. The molecule has 108 valence electrons. The summed E-state index contributed by atoms with van der Waals surface area (Å²) in [5.74, 6) is 1.46. The van der Waals surface area contributed by atoms with Gasteiger partial charge in [-0.3, -0.25) is 5.32 Å². The van der Waals surface area contributed by atoms with E-state index >= 15 is 0 Å². The maximum Gasteiger partial charge on any atom is 0.417 e.